The molecule has 0 N–H and O–H groups in total. The Balaban J connectivity index is 0.0000000935. The van der Waals surface area contributed by atoms with Gasteiger partial charge in [0, 0.05) is 135 Å². The van der Waals surface area contributed by atoms with Crippen molar-refractivity contribution in [3.63, 3.8) is 0 Å². The minimum absolute atomic E-state index is 0.873. The molecular formula is C132H78N8O3S. The molecule has 0 atom stereocenters. The van der Waals surface area contributed by atoms with Crippen molar-refractivity contribution in [1.82, 2.24) is 39.9 Å². The highest BCUT2D eigenvalue weighted by Gasteiger charge is 2.27. The van der Waals surface area contributed by atoms with Crippen molar-refractivity contribution in [2.45, 2.75) is 0 Å². The predicted octanol–water partition coefficient (Wildman–Crippen LogP) is 36.0. The second kappa shape index (κ2) is 34.5. The van der Waals surface area contributed by atoms with Crippen LogP contribution in [-0.2, 0) is 0 Å². The number of para-hydroxylation sites is 5. The Morgan fingerprint density at radius 1 is 0.139 bits per heavy atom. The molecular weight excluding hydrogens is 1780 g/mol. The second-order valence-corrected chi connectivity index (χ2v) is 37.4. The van der Waals surface area contributed by atoms with Crippen LogP contribution >= 0.6 is 11.3 Å². The summed E-state index contributed by atoms with van der Waals surface area (Å²) in [5.74, 6) is 0. The zero-order chi connectivity index (χ0) is 94.8. The van der Waals surface area contributed by atoms with Crippen molar-refractivity contribution in [3.8, 4) is 90.1 Å². The van der Waals surface area contributed by atoms with E-state index in [-0.39, 0.29) is 0 Å². The van der Waals surface area contributed by atoms with Crippen LogP contribution in [0, 0.1) is 0 Å². The van der Waals surface area contributed by atoms with Gasteiger partial charge in [-0.25, -0.2) is 39.9 Å². The molecule has 0 saturated carbocycles. The van der Waals surface area contributed by atoms with Crippen molar-refractivity contribution in [2.75, 3.05) is 0 Å². The van der Waals surface area contributed by atoms with Crippen LogP contribution in [0.4, 0.5) is 0 Å². The molecule has 12 heteroatoms. The first-order valence-corrected chi connectivity index (χ1v) is 49.1. The Kier molecular flexibility index (Phi) is 19.9. The van der Waals surface area contributed by atoms with Crippen molar-refractivity contribution in [3.05, 3.63) is 473 Å². The summed E-state index contributed by atoms with van der Waals surface area (Å²) in [5.41, 5.74) is 28.1. The van der Waals surface area contributed by atoms with Gasteiger partial charge in [0.25, 0.3) is 0 Å². The van der Waals surface area contributed by atoms with Gasteiger partial charge in [-0.2, -0.15) is 0 Å². The van der Waals surface area contributed by atoms with E-state index in [1.54, 1.807) is 0 Å². The lowest BCUT2D eigenvalue weighted by molar-refractivity contribution is 0.669. The van der Waals surface area contributed by atoms with Gasteiger partial charge in [0.2, 0.25) is 0 Å². The summed E-state index contributed by atoms with van der Waals surface area (Å²) in [6.45, 7) is 0. The van der Waals surface area contributed by atoms with Crippen LogP contribution in [0.3, 0.4) is 0 Å². The van der Waals surface area contributed by atoms with Gasteiger partial charge >= 0.3 is 0 Å². The highest BCUT2D eigenvalue weighted by molar-refractivity contribution is 7.26. The summed E-state index contributed by atoms with van der Waals surface area (Å²) in [4.78, 5) is 42.1. The number of aromatic nitrogens is 8. The monoisotopic (exact) mass is 1850 g/mol. The number of benzene rings is 23. The molecule has 8 aromatic heterocycles. The van der Waals surface area contributed by atoms with Gasteiger partial charge in [-0.3, -0.25) is 0 Å². The number of nitrogens with zero attached hydrogens (tertiary/aromatic N) is 8. The predicted molar refractivity (Wildman–Crippen MR) is 599 cm³/mol. The average molecular weight is 1860 g/mol. The third-order valence-electron chi connectivity index (χ3n) is 28.0. The van der Waals surface area contributed by atoms with E-state index in [9.17, 15) is 0 Å². The van der Waals surface area contributed by atoms with Crippen molar-refractivity contribution < 1.29 is 13.3 Å². The highest BCUT2D eigenvalue weighted by atomic mass is 32.1. The van der Waals surface area contributed by atoms with Crippen LogP contribution in [0.2, 0.25) is 0 Å². The molecule has 11 nitrogen and oxygen atoms in total. The number of fused-ring (bicyclic) bond motifs is 30. The zero-order valence-corrected chi connectivity index (χ0v) is 78.1. The third kappa shape index (κ3) is 14.1. The van der Waals surface area contributed by atoms with Gasteiger partial charge < -0.3 is 13.3 Å². The van der Waals surface area contributed by atoms with E-state index in [4.69, 9.17) is 53.1 Å². The Morgan fingerprint density at radius 3 is 0.771 bits per heavy atom. The van der Waals surface area contributed by atoms with E-state index in [0.29, 0.717) is 0 Å². The van der Waals surface area contributed by atoms with Gasteiger partial charge in [-0.05, 0) is 117 Å². The van der Waals surface area contributed by atoms with Crippen LogP contribution in [0.1, 0.15) is 0 Å². The molecule has 31 aromatic rings. The number of hydrogen-bond acceptors (Lipinski definition) is 12. The molecule has 670 valence electrons. The SMILES string of the molecule is c1ccc(-c2nc3c(ccc4ccccc43)nc2-c2cccc3ccc4oc5ccccc5c4c23)cc1.c1ccc(-c2nc3ccc4ccccc4c3nc2-c2cccc3ccc4oc5ccccc5c4c23)cc1.c1ccc(-c2nc3ccc4ccccc4c3nc2-c2cccc3ccc4sc5ccccc5c4c23)cc1.c1ccc(-c2nc3ccccc3nc2-c2cccc3ccc4oc5ccccc5c4c23)cc1. The maximum Gasteiger partial charge on any atom is 0.136 e. The maximum absolute atomic E-state index is 6.26. The topological polar surface area (TPSA) is 143 Å². The quantitative estimate of drug-likeness (QED) is 0.134. The maximum atomic E-state index is 6.26. The van der Waals surface area contributed by atoms with Crippen LogP contribution < -0.4 is 0 Å². The fourth-order valence-corrected chi connectivity index (χ4v) is 22.6. The molecule has 0 aliphatic heterocycles. The van der Waals surface area contributed by atoms with Crippen molar-refractivity contribution in [1.29, 1.82) is 0 Å². The second-order valence-electron chi connectivity index (χ2n) is 36.4. The van der Waals surface area contributed by atoms with Crippen LogP contribution in [0.5, 0.6) is 0 Å². The lowest BCUT2D eigenvalue weighted by Crippen LogP contribution is -1.97. The molecule has 31 rings (SSSR count). The Labute approximate surface area is 827 Å². The first-order valence-electron chi connectivity index (χ1n) is 48.3. The van der Waals surface area contributed by atoms with E-state index >= 15 is 0 Å². The summed E-state index contributed by atoms with van der Waals surface area (Å²) in [6, 6.07) is 164. The average Bonchev–Trinajstić information content (AvgIpc) is 1.36. The lowest BCUT2D eigenvalue weighted by Gasteiger charge is -2.14. The highest BCUT2D eigenvalue weighted by Crippen LogP contribution is 2.50. The van der Waals surface area contributed by atoms with E-state index < -0.39 is 0 Å². The van der Waals surface area contributed by atoms with Crippen LogP contribution in [0.15, 0.2) is 486 Å². The third-order valence-corrected chi connectivity index (χ3v) is 29.1. The summed E-state index contributed by atoms with van der Waals surface area (Å²) in [5, 5.41) is 25.4. The van der Waals surface area contributed by atoms with Crippen LogP contribution in [-0.4, -0.2) is 39.9 Å². The Bertz CT molecular complexity index is 10300. The van der Waals surface area contributed by atoms with Gasteiger partial charge in [-0.15, -0.1) is 11.3 Å². The van der Waals surface area contributed by atoms with E-state index in [2.05, 4.69) is 376 Å². The number of hydrogen-bond donors (Lipinski definition) is 0. The van der Waals surface area contributed by atoms with E-state index in [1.807, 2.05) is 108 Å². The Morgan fingerprint density at radius 2 is 0.396 bits per heavy atom. The molecule has 144 heavy (non-hydrogen) atoms. The van der Waals surface area contributed by atoms with Gasteiger partial charge in [0.05, 0.1) is 89.7 Å². The van der Waals surface area contributed by atoms with Gasteiger partial charge in [0.15, 0.2) is 0 Å². The zero-order valence-electron chi connectivity index (χ0n) is 77.2. The van der Waals surface area contributed by atoms with Crippen LogP contribution in [0.25, 0.3) is 296 Å². The first kappa shape index (κ1) is 83.1. The molecule has 0 amide bonds. The normalized spacial score (nSPS) is 11.8. The Hall–Kier alpha value is -19.1. The minimum Gasteiger partial charge on any atom is -0.456 e. The number of thiophene rings is 1. The molecule has 8 heterocycles. The molecule has 0 spiro atoms. The van der Waals surface area contributed by atoms with E-state index in [1.165, 1.54) is 36.3 Å². The first-order chi connectivity index (χ1) is 71.4. The molecule has 0 radical (unpaired) electrons. The molecule has 0 aliphatic rings. The molecule has 0 unspecified atom stereocenters. The smallest absolute Gasteiger partial charge is 0.136 e. The standard InChI is InChI=1S/2C34H20N2O.C34H20N2S.C30H18N2O/c1-2-10-23(11-3-1)32-34(35-27-19-17-21-9-4-5-13-24(21)33(27)36-32)26-15-8-12-22-18-20-29-31(30(22)26)25-14-6-7-16-28(25)37-29;2*1-2-10-23(11-3-1)32-34(36-33-24-13-5-4-9-21(24)17-19-27(33)35-32)26-15-8-12-22-18-20-29-31(30(22)26)25-14-6-7-16-28(25)37-29;1-2-9-20(10-3-1)29-30(32-24-15-6-5-14-23(24)31-29)22-13-8-11-19-17-18-26-28(27(19)22)21-12-4-7-16-25(21)33-26/h3*1-20H;1-18H. The molecule has 0 aliphatic carbocycles. The lowest BCUT2D eigenvalue weighted by atomic mass is 9.94. The molecule has 0 bridgehead atoms. The number of furan rings is 3. The summed E-state index contributed by atoms with van der Waals surface area (Å²) >= 11 is 1.85. The van der Waals surface area contributed by atoms with E-state index in [0.717, 1.165) is 259 Å². The minimum atomic E-state index is 0.873. The molecule has 0 fully saturated rings. The summed E-state index contributed by atoms with van der Waals surface area (Å²) in [6.07, 6.45) is 0. The fourth-order valence-electron chi connectivity index (χ4n) is 21.5. The fraction of sp³-hybridized carbons (Fsp3) is 0. The molecule has 23 aromatic carbocycles. The summed E-state index contributed by atoms with van der Waals surface area (Å²) < 4.78 is 21.3. The van der Waals surface area contributed by atoms with Crippen molar-refractivity contribution >= 4 is 217 Å². The van der Waals surface area contributed by atoms with Gasteiger partial charge in [0.1, 0.15) is 33.5 Å². The summed E-state index contributed by atoms with van der Waals surface area (Å²) in [7, 11) is 0. The van der Waals surface area contributed by atoms with Crippen molar-refractivity contribution in [2.24, 2.45) is 0 Å². The largest absolute Gasteiger partial charge is 0.456 e. The van der Waals surface area contributed by atoms with Gasteiger partial charge in [-0.1, -0.05) is 394 Å². The number of rotatable bonds is 8. The molecule has 0 saturated heterocycles.